The molecule has 5 rings (SSSR count). The van der Waals surface area contributed by atoms with Crippen molar-refractivity contribution in [1.29, 1.82) is 0 Å². The Morgan fingerprint density at radius 1 is 0.900 bits per heavy atom. The molecule has 2 heterocycles. The lowest BCUT2D eigenvalue weighted by Crippen LogP contribution is -1.96. The smallest absolute Gasteiger partial charge is 0.322 e. The van der Waals surface area contributed by atoms with Crippen LogP contribution in [0.3, 0.4) is 0 Å². The number of nitrogens with one attached hydrogen (secondary N) is 1. The van der Waals surface area contributed by atoms with Gasteiger partial charge in [0.05, 0.1) is 17.1 Å². The van der Waals surface area contributed by atoms with Crippen molar-refractivity contribution in [1.82, 2.24) is 19.9 Å². The van der Waals surface area contributed by atoms with Crippen molar-refractivity contribution in [3.63, 3.8) is 0 Å². The van der Waals surface area contributed by atoms with Gasteiger partial charge in [0, 0.05) is 17.7 Å². The molecule has 150 valence electrons. The Morgan fingerprint density at radius 3 is 2.43 bits per heavy atom. The molecule has 5 nitrogen and oxygen atoms in total. The van der Waals surface area contributed by atoms with Crippen molar-refractivity contribution < 1.29 is 9.13 Å². The van der Waals surface area contributed by atoms with Crippen LogP contribution in [-0.2, 0) is 0 Å². The third-order valence-corrected chi connectivity index (χ3v) is 5.42. The van der Waals surface area contributed by atoms with Crippen LogP contribution in [0.2, 0.25) is 0 Å². The fourth-order valence-corrected chi connectivity index (χ4v) is 3.91. The average Bonchev–Trinajstić information content (AvgIpc) is 3.45. The summed E-state index contributed by atoms with van der Waals surface area (Å²) < 4.78 is 19.3. The highest BCUT2D eigenvalue weighted by molar-refractivity contribution is 5.76. The molecule has 0 amide bonds. The molecule has 30 heavy (non-hydrogen) atoms. The number of nitrogens with zero attached hydrogens (tertiary/aromatic N) is 3. The standard InChI is InChI=1S/C24H21FN4O/c25-18-12-10-16(11-13-18)21-22(29-23(28-21)17-6-4-5-7-17)20-14-15-26-24(27-20)30-19-8-2-1-3-9-19/h1-3,8-15,17H,4-7H2,(H,28,29). The molecular weight excluding hydrogens is 379 g/mol. The molecule has 0 unspecified atom stereocenters. The predicted octanol–water partition coefficient (Wildman–Crippen LogP) is 6.12. The van der Waals surface area contributed by atoms with Gasteiger partial charge in [0.25, 0.3) is 0 Å². The summed E-state index contributed by atoms with van der Waals surface area (Å²) in [4.78, 5) is 17.2. The molecule has 1 aliphatic rings. The zero-order valence-electron chi connectivity index (χ0n) is 16.4. The summed E-state index contributed by atoms with van der Waals surface area (Å²) in [5, 5.41) is 0. The molecule has 0 radical (unpaired) electrons. The van der Waals surface area contributed by atoms with Gasteiger partial charge < -0.3 is 9.72 Å². The van der Waals surface area contributed by atoms with Crippen LogP contribution in [0.25, 0.3) is 22.6 Å². The molecule has 0 bridgehead atoms. The highest BCUT2D eigenvalue weighted by Gasteiger charge is 2.24. The van der Waals surface area contributed by atoms with E-state index in [4.69, 9.17) is 9.72 Å². The van der Waals surface area contributed by atoms with E-state index in [9.17, 15) is 4.39 Å². The number of hydrogen-bond donors (Lipinski definition) is 1. The van der Waals surface area contributed by atoms with E-state index >= 15 is 0 Å². The normalized spacial score (nSPS) is 14.2. The van der Waals surface area contributed by atoms with Crippen molar-refractivity contribution in [2.45, 2.75) is 31.6 Å². The predicted molar refractivity (Wildman–Crippen MR) is 113 cm³/mol. The van der Waals surface area contributed by atoms with E-state index in [0.717, 1.165) is 35.6 Å². The van der Waals surface area contributed by atoms with Crippen LogP contribution in [0, 0.1) is 5.82 Å². The number of benzene rings is 2. The third-order valence-electron chi connectivity index (χ3n) is 5.42. The molecule has 4 aromatic rings. The van der Waals surface area contributed by atoms with Gasteiger partial charge >= 0.3 is 6.01 Å². The molecule has 2 aromatic heterocycles. The van der Waals surface area contributed by atoms with Gasteiger partial charge in [0.15, 0.2) is 0 Å². The van der Waals surface area contributed by atoms with Crippen molar-refractivity contribution in [3.05, 3.63) is 78.5 Å². The number of aromatic amines is 1. The van der Waals surface area contributed by atoms with E-state index in [1.807, 2.05) is 36.4 Å². The van der Waals surface area contributed by atoms with E-state index in [1.165, 1.54) is 25.0 Å². The van der Waals surface area contributed by atoms with Gasteiger partial charge in [0.2, 0.25) is 0 Å². The molecule has 1 fully saturated rings. The maximum absolute atomic E-state index is 13.5. The lowest BCUT2D eigenvalue weighted by molar-refractivity contribution is 0.442. The van der Waals surface area contributed by atoms with Gasteiger partial charge in [-0.2, -0.15) is 4.98 Å². The Hall–Kier alpha value is -3.54. The van der Waals surface area contributed by atoms with E-state index in [0.29, 0.717) is 17.4 Å². The average molecular weight is 400 g/mol. The van der Waals surface area contributed by atoms with E-state index in [1.54, 1.807) is 18.3 Å². The van der Waals surface area contributed by atoms with E-state index in [2.05, 4.69) is 15.0 Å². The fourth-order valence-electron chi connectivity index (χ4n) is 3.91. The number of aromatic nitrogens is 4. The molecular formula is C24H21FN4O. The van der Waals surface area contributed by atoms with Gasteiger partial charge in [-0.05, 0) is 55.3 Å². The van der Waals surface area contributed by atoms with Gasteiger partial charge in [-0.15, -0.1) is 0 Å². The summed E-state index contributed by atoms with van der Waals surface area (Å²) in [5.41, 5.74) is 3.09. The molecule has 0 aliphatic heterocycles. The first-order chi connectivity index (χ1) is 14.8. The summed E-state index contributed by atoms with van der Waals surface area (Å²) in [5.74, 6) is 1.78. The molecule has 2 aromatic carbocycles. The SMILES string of the molecule is Fc1ccc(-c2nc(C3CCCC3)[nH]c2-c2ccnc(Oc3ccccc3)n2)cc1. The maximum Gasteiger partial charge on any atom is 0.322 e. The van der Waals surface area contributed by atoms with E-state index < -0.39 is 0 Å². The van der Waals surface area contributed by atoms with Crippen LogP contribution in [0.1, 0.15) is 37.4 Å². The van der Waals surface area contributed by atoms with Crippen LogP contribution in [-0.4, -0.2) is 19.9 Å². The second kappa shape index (κ2) is 8.06. The fraction of sp³-hybridized carbons (Fsp3) is 0.208. The van der Waals surface area contributed by atoms with Crippen LogP contribution < -0.4 is 4.74 Å². The Morgan fingerprint density at radius 2 is 1.67 bits per heavy atom. The summed E-state index contributed by atoms with van der Waals surface area (Å²) in [6.07, 6.45) is 6.36. The van der Waals surface area contributed by atoms with Crippen LogP contribution in [0.5, 0.6) is 11.8 Å². The lowest BCUT2D eigenvalue weighted by atomic mass is 10.1. The summed E-state index contributed by atoms with van der Waals surface area (Å²) >= 11 is 0. The monoisotopic (exact) mass is 400 g/mol. The second-order valence-corrected chi connectivity index (χ2v) is 7.47. The third kappa shape index (κ3) is 3.81. The van der Waals surface area contributed by atoms with Crippen molar-refractivity contribution in [3.8, 4) is 34.4 Å². The highest BCUT2D eigenvalue weighted by atomic mass is 19.1. The first-order valence-electron chi connectivity index (χ1n) is 10.2. The molecule has 1 saturated carbocycles. The Bertz CT molecular complexity index is 1140. The molecule has 0 spiro atoms. The zero-order valence-corrected chi connectivity index (χ0v) is 16.4. The number of halogens is 1. The van der Waals surface area contributed by atoms with Crippen molar-refractivity contribution in [2.24, 2.45) is 0 Å². The minimum atomic E-state index is -0.271. The Kier molecular flexibility index (Phi) is 4.97. The molecule has 1 aliphatic carbocycles. The molecule has 6 heteroatoms. The number of hydrogen-bond acceptors (Lipinski definition) is 4. The summed E-state index contributed by atoms with van der Waals surface area (Å²) in [6.45, 7) is 0. The molecule has 1 N–H and O–H groups in total. The number of para-hydroxylation sites is 1. The van der Waals surface area contributed by atoms with Crippen molar-refractivity contribution >= 4 is 0 Å². The first-order valence-corrected chi connectivity index (χ1v) is 10.2. The zero-order chi connectivity index (χ0) is 20.3. The minimum absolute atomic E-state index is 0.265. The minimum Gasteiger partial charge on any atom is -0.424 e. The lowest BCUT2D eigenvalue weighted by Gasteiger charge is -2.06. The number of ether oxygens (including phenoxy) is 1. The molecule has 0 atom stereocenters. The second-order valence-electron chi connectivity index (χ2n) is 7.47. The largest absolute Gasteiger partial charge is 0.424 e. The number of H-pyrrole nitrogens is 1. The van der Waals surface area contributed by atoms with Crippen LogP contribution >= 0.6 is 0 Å². The summed E-state index contributed by atoms with van der Waals surface area (Å²) in [6, 6.07) is 17.9. The maximum atomic E-state index is 13.5. The number of imidazole rings is 1. The molecule has 0 saturated heterocycles. The summed E-state index contributed by atoms with van der Waals surface area (Å²) in [7, 11) is 0. The quantitative estimate of drug-likeness (QED) is 0.438. The topological polar surface area (TPSA) is 63.7 Å². The highest BCUT2D eigenvalue weighted by Crippen LogP contribution is 2.37. The van der Waals surface area contributed by atoms with E-state index in [-0.39, 0.29) is 11.8 Å². The van der Waals surface area contributed by atoms with Gasteiger partial charge in [-0.1, -0.05) is 31.0 Å². The van der Waals surface area contributed by atoms with Gasteiger partial charge in [0.1, 0.15) is 17.4 Å². The first kappa shape index (κ1) is 18.5. The van der Waals surface area contributed by atoms with Gasteiger partial charge in [-0.25, -0.2) is 14.4 Å². The Labute approximate surface area is 174 Å². The van der Waals surface area contributed by atoms with Crippen molar-refractivity contribution in [2.75, 3.05) is 0 Å². The van der Waals surface area contributed by atoms with Crippen LogP contribution in [0.4, 0.5) is 4.39 Å². The van der Waals surface area contributed by atoms with Gasteiger partial charge in [-0.3, -0.25) is 0 Å². The number of rotatable bonds is 5. The Balaban J connectivity index is 1.55. The van der Waals surface area contributed by atoms with Crippen LogP contribution in [0.15, 0.2) is 66.9 Å².